The molecule has 0 N–H and O–H groups in total. The van der Waals surface area contributed by atoms with Crippen molar-refractivity contribution in [2.24, 2.45) is 5.92 Å². The summed E-state index contributed by atoms with van der Waals surface area (Å²) in [4.78, 5) is 30.2. The van der Waals surface area contributed by atoms with Gasteiger partial charge in [-0.1, -0.05) is 79.1 Å². The minimum atomic E-state index is -0.141. The van der Waals surface area contributed by atoms with Crippen LogP contribution in [-0.2, 0) is 22.6 Å². The molecule has 37 heavy (non-hydrogen) atoms. The maximum Gasteiger partial charge on any atom is 0.260 e. The quantitative estimate of drug-likeness (QED) is 0.422. The summed E-state index contributed by atoms with van der Waals surface area (Å²) in [7, 11) is 1.80. The van der Waals surface area contributed by atoms with E-state index < -0.39 is 0 Å². The molecule has 1 saturated carbocycles. The van der Waals surface area contributed by atoms with Crippen molar-refractivity contribution < 1.29 is 14.3 Å². The molecule has 192 valence electrons. The van der Waals surface area contributed by atoms with E-state index in [1.54, 1.807) is 11.9 Å². The molecule has 0 aromatic heterocycles. The van der Waals surface area contributed by atoms with Gasteiger partial charge in [0.15, 0.2) is 6.61 Å². The highest BCUT2D eigenvalue weighted by atomic mass is 16.5. The van der Waals surface area contributed by atoms with Gasteiger partial charge in [-0.15, -0.1) is 0 Å². The van der Waals surface area contributed by atoms with E-state index >= 15 is 0 Å². The molecule has 0 radical (unpaired) electrons. The zero-order valence-electron chi connectivity index (χ0n) is 21.9. The van der Waals surface area contributed by atoms with E-state index in [4.69, 9.17) is 4.74 Å². The van der Waals surface area contributed by atoms with Crippen molar-refractivity contribution in [1.29, 1.82) is 0 Å². The van der Waals surface area contributed by atoms with Gasteiger partial charge in [0.2, 0.25) is 5.91 Å². The average Bonchev–Trinajstić information content (AvgIpc) is 3.47. The van der Waals surface area contributed by atoms with E-state index in [2.05, 4.69) is 42.2 Å². The number of hydrogen-bond donors (Lipinski definition) is 0. The topological polar surface area (TPSA) is 49.9 Å². The molecule has 5 nitrogen and oxygen atoms in total. The maximum atomic E-state index is 13.6. The smallest absolute Gasteiger partial charge is 0.260 e. The lowest BCUT2D eigenvalue weighted by molar-refractivity contribution is -0.137. The molecule has 3 aromatic rings. The molecule has 1 aliphatic carbocycles. The number of carbonyl (C=O) groups excluding carboxylic acids is 2. The fraction of sp³-hybridized carbons (Fsp3) is 0.375. The number of fused-ring (bicyclic) bond motifs is 1. The first-order valence-electron chi connectivity index (χ1n) is 13.4. The standard InChI is InChI=1S/C32H36N2O3/c1-23-12-14-26(15-13-23)31-29-20-28(37-22-30(35)33(2)21-24-8-4-3-5-9-24)17-16-25(29)18-19-34(31)32(36)27-10-6-7-11-27/h3-5,8-9,12-17,20,27,31H,6-7,10-11,18-19,21-22H2,1-2H3/t31-/m1/s1. The molecular formula is C32H36N2O3. The molecule has 1 atom stereocenters. The highest BCUT2D eigenvalue weighted by molar-refractivity contribution is 5.80. The first-order valence-corrected chi connectivity index (χ1v) is 13.4. The lowest BCUT2D eigenvalue weighted by atomic mass is 9.86. The summed E-state index contributed by atoms with van der Waals surface area (Å²) >= 11 is 0. The summed E-state index contributed by atoms with van der Waals surface area (Å²) in [5.41, 5.74) is 5.74. The predicted octanol–water partition coefficient (Wildman–Crippen LogP) is 5.70. The summed E-state index contributed by atoms with van der Waals surface area (Å²) in [6.45, 7) is 3.32. The van der Waals surface area contributed by atoms with E-state index in [1.165, 1.54) is 11.1 Å². The number of ether oxygens (including phenoxy) is 1. The van der Waals surface area contributed by atoms with Crippen molar-refractivity contribution in [3.05, 3.63) is 101 Å². The fourth-order valence-electron chi connectivity index (χ4n) is 5.64. The molecule has 1 heterocycles. The average molecular weight is 497 g/mol. The largest absolute Gasteiger partial charge is 0.484 e. The second-order valence-electron chi connectivity index (χ2n) is 10.5. The van der Waals surface area contributed by atoms with Gasteiger partial charge in [-0.3, -0.25) is 9.59 Å². The predicted molar refractivity (Wildman–Crippen MR) is 145 cm³/mol. The van der Waals surface area contributed by atoms with Crippen molar-refractivity contribution >= 4 is 11.8 Å². The molecule has 3 aromatic carbocycles. The lowest BCUT2D eigenvalue weighted by Crippen LogP contribution is -2.43. The number of hydrogen-bond acceptors (Lipinski definition) is 3. The van der Waals surface area contributed by atoms with Crippen LogP contribution in [-0.4, -0.2) is 41.8 Å². The number of rotatable bonds is 7. The van der Waals surface area contributed by atoms with Crippen LogP contribution in [0.2, 0.25) is 0 Å². The van der Waals surface area contributed by atoms with E-state index in [-0.39, 0.29) is 30.4 Å². The zero-order chi connectivity index (χ0) is 25.8. The lowest BCUT2D eigenvalue weighted by Gasteiger charge is -2.39. The second-order valence-corrected chi connectivity index (χ2v) is 10.5. The third kappa shape index (κ3) is 5.71. The molecule has 0 unspecified atom stereocenters. The van der Waals surface area contributed by atoms with Crippen molar-refractivity contribution in [2.45, 2.75) is 51.6 Å². The van der Waals surface area contributed by atoms with Crippen molar-refractivity contribution in [3.8, 4) is 5.75 Å². The van der Waals surface area contributed by atoms with Crippen LogP contribution in [0.25, 0.3) is 0 Å². The number of aryl methyl sites for hydroxylation is 1. The van der Waals surface area contributed by atoms with Crippen LogP contribution in [0.15, 0.2) is 72.8 Å². The van der Waals surface area contributed by atoms with Crippen molar-refractivity contribution in [1.82, 2.24) is 9.80 Å². The van der Waals surface area contributed by atoms with Crippen molar-refractivity contribution in [3.63, 3.8) is 0 Å². The number of likely N-dealkylation sites (N-methyl/N-ethyl adjacent to an activating group) is 1. The number of benzene rings is 3. The summed E-state index contributed by atoms with van der Waals surface area (Å²) < 4.78 is 6.00. The SMILES string of the molecule is Cc1ccc([C@@H]2c3cc(OCC(=O)N(C)Cc4ccccc4)ccc3CCN2C(=O)C2CCCC2)cc1. The summed E-state index contributed by atoms with van der Waals surface area (Å²) in [5, 5.41) is 0. The monoisotopic (exact) mass is 496 g/mol. The Bertz CT molecular complexity index is 1230. The van der Waals surface area contributed by atoms with Crippen LogP contribution in [0.1, 0.15) is 59.5 Å². The van der Waals surface area contributed by atoms with Crippen LogP contribution >= 0.6 is 0 Å². The molecule has 5 heteroatoms. The molecule has 0 spiro atoms. The molecule has 1 aliphatic heterocycles. The van der Waals surface area contributed by atoms with Gasteiger partial charge in [-0.25, -0.2) is 0 Å². The Kier molecular flexibility index (Phi) is 7.59. The number of amides is 2. The Morgan fingerprint density at radius 2 is 1.70 bits per heavy atom. The van der Waals surface area contributed by atoms with E-state index in [0.29, 0.717) is 12.3 Å². The van der Waals surface area contributed by atoms with Crippen LogP contribution < -0.4 is 4.74 Å². The number of nitrogens with zero attached hydrogens (tertiary/aromatic N) is 2. The fourth-order valence-corrected chi connectivity index (χ4v) is 5.64. The first-order chi connectivity index (χ1) is 18.0. The third-order valence-electron chi connectivity index (χ3n) is 7.78. The molecule has 1 fully saturated rings. The van der Waals surface area contributed by atoms with Gasteiger partial charge in [-0.2, -0.15) is 0 Å². The van der Waals surface area contributed by atoms with Crippen LogP contribution in [0.5, 0.6) is 5.75 Å². The Labute approximate surface area is 220 Å². The zero-order valence-corrected chi connectivity index (χ0v) is 21.9. The molecule has 0 bridgehead atoms. The summed E-state index contributed by atoms with van der Waals surface area (Å²) in [5.74, 6) is 0.992. The van der Waals surface area contributed by atoms with Gasteiger partial charge < -0.3 is 14.5 Å². The van der Waals surface area contributed by atoms with E-state index in [9.17, 15) is 9.59 Å². The van der Waals surface area contributed by atoms with E-state index in [0.717, 1.165) is 55.3 Å². The third-order valence-corrected chi connectivity index (χ3v) is 7.78. The molecule has 2 aliphatic rings. The Balaban J connectivity index is 1.36. The summed E-state index contributed by atoms with van der Waals surface area (Å²) in [6.07, 6.45) is 5.09. The Morgan fingerprint density at radius 1 is 0.973 bits per heavy atom. The molecule has 0 saturated heterocycles. The van der Waals surface area contributed by atoms with Crippen molar-refractivity contribution in [2.75, 3.05) is 20.2 Å². The molecular weight excluding hydrogens is 460 g/mol. The van der Waals surface area contributed by atoms with Gasteiger partial charge in [0.1, 0.15) is 5.75 Å². The minimum absolute atomic E-state index is 0.0258. The molecule has 5 rings (SSSR count). The Hall–Kier alpha value is -3.60. The van der Waals surface area contributed by atoms with Gasteiger partial charge in [-0.05, 0) is 60.6 Å². The van der Waals surface area contributed by atoms with Gasteiger partial charge in [0.25, 0.3) is 5.91 Å². The Morgan fingerprint density at radius 3 is 2.43 bits per heavy atom. The van der Waals surface area contributed by atoms with Gasteiger partial charge in [0, 0.05) is 26.1 Å². The van der Waals surface area contributed by atoms with Crippen LogP contribution in [0.4, 0.5) is 0 Å². The maximum absolute atomic E-state index is 13.6. The highest BCUT2D eigenvalue weighted by Gasteiger charge is 2.36. The van der Waals surface area contributed by atoms with Crippen LogP contribution in [0, 0.1) is 12.8 Å². The van der Waals surface area contributed by atoms with Gasteiger partial charge >= 0.3 is 0 Å². The normalized spacial score (nSPS) is 17.4. The van der Waals surface area contributed by atoms with Crippen LogP contribution in [0.3, 0.4) is 0 Å². The van der Waals surface area contributed by atoms with E-state index in [1.807, 2.05) is 42.5 Å². The number of carbonyl (C=O) groups is 2. The minimum Gasteiger partial charge on any atom is -0.484 e. The highest BCUT2D eigenvalue weighted by Crippen LogP contribution is 2.39. The summed E-state index contributed by atoms with van der Waals surface area (Å²) in [6, 6.07) is 24.4. The van der Waals surface area contributed by atoms with Gasteiger partial charge in [0.05, 0.1) is 6.04 Å². The second kappa shape index (κ2) is 11.2. The first kappa shape index (κ1) is 25.1. The molecule has 2 amide bonds.